The number of amides is 1. The van der Waals surface area contributed by atoms with Crippen LogP contribution < -0.4 is 24.8 Å². The van der Waals surface area contributed by atoms with Gasteiger partial charge in [-0.15, -0.1) is 0 Å². The third-order valence-electron chi connectivity index (χ3n) is 4.86. The smallest absolute Gasteiger partial charge is 0.241 e. The Bertz CT molecular complexity index is 861. The van der Waals surface area contributed by atoms with E-state index < -0.39 is 12.1 Å². The standard InChI is InChI=1S/C22H26N2O6/c1-27-18-9-15(10-19(28-2)21(18)29-3)24-22(26)16-11-17(25)20(12-23-16)30-13-14-7-5-4-6-8-14/h4-10,16,20,23H,11-13H2,1-3H3,(H,24,26). The largest absolute Gasteiger partial charge is 0.493 e. The molecule has 0 saturated carbocycles. The third kappa shape index (κ3) is 5.08. The van der Waals surface area contributed by atoms with Crippen LogP contribution in [0.1, 0.15) is 12.0 Å². The first-order valence-corrected chi connectivity index (χ1v) is 9.58. The van der Waals surface area contributed by atoms with Gasteiger partial charge in [0, 0.05) is 30.8 Å². The summed E-state index contributed by atoms with van der Waals surface area (Å²) in [7, 11) is 4.51. The zero-order valence-electron chi connectivity index (χ0n) is 17.3. The molecule has 2 aromatic carbocycles. The highest BCUT2D eigenvalue weighted by atomic mass is 16.5. The lowest BCUT2D eigenvalue weighted by Gasteiger charge is -2.28. The van der Waals surface area contributed by atoms with E-state index in [2.05, 4.69) is 10.6 Å². The fraction of sp³-hybridized carbons (Fsp3) is 0.364. The van der Waals surface area contributed by atoms with Gasteiger partial charge in [0.1, 0.15) is 6.10 Å². The van der Waals surface area contributed by atoms with E-state index in [1.807, 2.05) is 30.3 Å². The molecule has 160 valence electrons. The normalized spacial score (nSPS) is 18.6. The minimum Gasteiger partial charge on any atom is -0.493 e. The van der Waals surface area contributed by atoms with Gasteiger partial charge in [0.15, 0.2) is 17.3 Å². The zero-order chi connectivity index (χ0) is 21.5. The molecule has 2 N–H and O–H groups in total. The number of Topliss-reactive ketones (excluding diaryl/α,β-unsaturated/α-hetero) is 1. The van der Waals surface area contributed by atoms with Gasteiger partial charge >= 0.3 is 0 Å². The monoisotopic (exact) mass is 414 g/mol. The Morgan fingerprint density at radius 2 is 1.73 bits per heavy atom. The Morgan fingerprint density at radius 3 is 2.30 bits per heavy atom. The summed E-state index contributed by atoms with van der Waals surface area (Å²) in [4.78, 5) is 25.1. The van der Waals surface area contributed by atoms with Gasteiger partial charge in [0.2, 0.25) is 11.7 Å². The number of ether oxygens (including phenoxy) is 4. The number of ketones is 1. The number of piperidine rings is 1. The lowest BCUT2D eigenvalue weighted by Crippen LogP contribution is -2.53. The first-order chi connectivity index (χ1) is 14.5. The van der Waals surface area contributed by atoms with Crippen LogP contribution in [0.2, 0.25) is 0 Å². The van der Waals surface area contributed by atoms with Gasteiger partial charge in [-0.05, 0) is 5.56 Å². The summed E-state index contributed by atoms with van der Waals surface area (Å²) in [6.07, 6.45) is -0.522. The minimum absolute atomic E-state index is 0.0513. The van der Waals surface area contributed by atoms with Crippen molar-refractivity contribution in [2.24, 2.45) is 0 Å². The minimum atomic E-state index is -0.645. The van der Waals surface area contributed by atoms with Crippen LogP contribution in [-0.4, -0.2) is 51.7 Å². The van der Waals surface area contributed by atoms with Crippen LogP contribution in [0.4, 0.5) is 5.69 Å². The number of hydrogen-bond donors (Lipinski definition) is 2. The fourth-order valence-corrected chi connectivity index (χ4v) is 3.26. The Morgan fingerprint density at radius 1 is 1.07 bits per heavy atom. The second kappa shape index (κ2) is 10.1. The molecule has 8 nitrogen and oxygen atoms in total. The number of carbonyl (C=O) groups is 2. The Labute approximate surface area is 175 Å². The van der Waals surface area contributed by atoms with E-state index in [1.54, 1.807) is 12.1 Å². The van der Waals surface area contributed by atoms with Crippen LogP contribution in [0.15, 0.2) is 42.5 Å². The maximum atomic E-state index is 12.7. The van der Waals surface area contributed by atoms with Gasteiger partial charge in [0.05, 0.1) is 34.0 Å². The molecule has 1 aliphatic heterocycles. The second-order valence-electron chi connectivity index (χ2n) is 6.82. The number of benzene rings is 2. The van der Waals surface area contributed by atoms with Gasteiger partial charge in [-0.25, -0.2) is 0 Å². The summed E-state index contributed by atoms with van der Waals surface area (Å²) >= 11 is 0. The van der Waals surface area contributed by atoms with Crippen molar-refractivity contribution in [1.82, 2.24) is 5.32 Å². The predicted molar refractivity (Wildman–Crippen MR) is 111 cm³/mol. The van der Waals surface area contributed by atoms with E-state index in [0.29, 0.717) is 29.5 Å². The van der Waals surface area contributed by atoms with Crippen molar-refractivity contribution in [2.45, 2.75) is 25.2 Å². The predicted octanol–water partition coefficient (Wildman–Crippen LogP) is 2.17. The number of carbonyl (C=O) groups excluding carboxylic acids is 2. The highest BCUT2D eigenvalue weighted by molar-refractivity contribution is 5.99. The summed E-state index contributed by atoms with van der Waals surface area (Å²) in [5.74, 6) is 0.861. The van der Waals surface area contributed by atoms with Crippen molar-refractivity contribution in [3.8, 4) is 17.2 Å². The number of anilines is 1. The summed E-state index contributed by atoms with van der Waals surface area (Å²) in [5, 5.41) is 5.89. The quantitative estimate of drug-likeness (QED) is 0.684. The number of methoxy groups -OCH3 is 3. The first kappa shape index (κ1) is 21.6. The van der Waals surface area contributed by atoms with Crippen molar-refractivity contribution in [3.63, 3.8) is 0 Å². The summed E-state index contributed by atoms with van der Waals surface area (Å²) in [6.45, 7) is 0.625. The molecule has 0 radical (unpaired) electrons. The molecular weight excluding hydrogens is 388 g/mol. The molecule has 1 amide bonds. The van der Waals surface area contributed by atoms with Crippen molar-refractivity contribution in [3.05, 3.63) is 48.0 Å². The third-order valence-corrected chi connectivity index (χ3v) is 4.86. The van der Waals surface area contributed by atoms with Crippen molar-refractivity contribution >= 4 is 17.4 Å². The van der Waals surface area contributed by atoms with Gasteiger partial charge in [-0.1, -0.05) is 30.3 Å². The molecule has 0 aromatic heterocycles. The van der Waals surface area contributed by atoms with Gasteiger partial charge < -0.3 is 29.6 Å². The molecule has 30 heavy (non-hydrogen) atoms. The molecule has 0 aliphatic carbocycles. The van der Waals surface area contributed by atoms with Crippen LogP contribution >= 0.6 is 0 Å². The lowest BCUT2D eigenvalue weighted by molar-refractivity contribution is -0.137. The number of rotatable bonds is 8. The van der Waals surface area contributed by atoms with E-state index in [1.165, 1.54) is 21.3 Å². The Balaban J connectivity index is 1.59. The van der Waals surface area contributed by atoms with Crippen molar-refractivity contribution in [1.29, 1.82) is 0 Å². The van der Waals surface area contributed by atoms with Crippen LogP contribution in [0, 0.1) is 0 Å². The van der Waals surface area contributed by atoms with Gasteiger partial charge in [0.25, 0.3) is 0 Å². The van der Waals surface area contributed by atoms with Gasteiger partial charge in [-0.2, -0.15) is 0 Å². The molecule has 1 fully saturated rings. The molecule has 8 heteroatoms. The molecule has 0 bridgehead atoms. The highest BCUT2D eigenvalue weighted by Gasteiger charge is 2.33. The van der Waals surface area contributed by atoms with Crippen LogP contribution in [0.3, 0.4) is 0 Å². The number of hydrogen-bond acceptors (Lipinski definition) is 7. The SMILES string of the molecule is COc1cc(NC(=O)C2CC(=O)C(OCc3ccccc3)CN2)cc(OC)c1OC. The molecule has 3 rings (SSSR count). The van der Waals surface area contributed by atoms with Crippen molar-refractivity contribution < 1.29 is 28.5 Å². The molecule has 1 aliphatic rings. The van der Waals surface area contributed by atoms with E-state index in [-0.39, 0.29) is 24.7 Å². The van der Waals surface area contributed by atoms with E-state index in [0.717, 1.165) is 5.56 Å². The van der Waals surface area contributed by atoms with Crippen LogP contribution in [-0.2, 0) is 20.9 Å². The molecule has 2 unspecified atom stereocenters. The molecule has 0 spiro atoms. The topological polar surface area (TPSA) is 95.1 Å². The molecule has 1 heterocycles. The summed E-state index contributed by atoms with van der Waals surface area (Å²) in [5.41, 5.74) is 1.47. The Kier molecular flexibility index (Phi) is 7.26. The van der Waals surface area contributed by atoms with Gasteiger partial charge in [-0.3, -0.25) is 9.59 Å². The second-order valence-corrected chi connectivity index (χ2v) is 6.82. The van der Waals surface area contributed by atoms with Crippen molar-refractivity contribution in [2.75, 3.05) is 33.2 Å². The molecule has 2 atom stereocenters. The fourth-order valence-electron chi connectivity index (χ4n) is 3.26. The lowest BCUT2D eigenvalue weighted by atomic mass is 10.0. The Hall–Kier alpha value is -3.10. The maximum absolute atomic E-state index is 12.7. The molecular formula is C22H26N2O6. The van der Waals surface area contributed by atoms with E-state index in [4.69, 9.17) is 18.9 Å². The van der Waals surface area contributed by atoms with E-state index >= 15 is 0 Å². The average Bonchev–Trinajstić information content (AvgIpc) is 2.78. The zero-order valence-corrected chi connectivity index (χ0v) is 17.3. The maximum Gasteiger partial charge on any atom is 0.241 e. The molecule has 2 aromatic rings. The van der Waals surface area contributed by atoms with Crippen LogP contribution in [0.5, 0.6) is 17.2 Å². The first-order valence-electron chi connectivity index (χ1n) is 9.58. The average molecular weight is 414 g/mol. The van der Waals surface area contributed by atoms with Crippen LogP contribution in [0.25, 0.3) is 0 Å². The molecule has 1 saturated heterocycles. The highest BCUT2D eigenvalue weighted by Crippen LogP contribution is 2.40. The number of nitrogens with one attached hydrogen (secondary N) is 2. The summed E-state index contributed by atoms with van der Waals surface area (Å²) in [6, 6.07) is 12.3. The van der Waals surface area contributed by atoms with E-state index in [9.17, 15) is 9.59 Å². The summed E-state index contributed by atoms with van der Waals surface area (Å²) < 4.78 is 21.6.